The van der Waals surface area contributed by atoms with Crippen molar-refractivity contribution in [3.05, 3.63) is 139 Å². The summed E-state index contributed by atoms with van der Waals surface area (Å²) in [4.78, 5) is 80.3. The van der Waals surface area contributed by atoms with Crippen LogP contribution in [0.15, 0.2) is 106 Å². The molecule has 0 aromatic heterocycles. The van der Waals surface area contributed by atoms with Crippen LogP contribution in [0, 0.1) is 23.7 Å². The monoisotopic (exact) mass is 1260 g/mol. The molecule has 92 heavy (non-hydrogen) atoms. The second kappa shape index (κ2) is 23.0. The summed E-state index contributed by atoms with van der Waals surface area (Å²) in [7, 11) is 0. The van der Waals surface area contributed by atoms with Crippen molar-refractivity contribution in [2.24, 2.45) is 23.7 Å². The van der Waals surface area contributed by atoms with Gasteiger partial charge >= 0.3 is 0 Å². The Bertz CT molecular complexity index is 3640. The summed E-state index contributed by atoms with van der Waals surface area (Å²) in [6.45, 7) is 31.9. The van der Waals surface area contributed by atoms with Crippen LogP contribution in [0.3, 0.4) is 0 Å². The van der Waals surface area contributed by atoms with Gasteiger partial charge < -0.3 is 48.1 Å². The molecule has 0 radical (unpaired) electrons. The molecule has 16 nitrogen and oxygen atoms in total. The lowest BCUT2D eigenvalue weighted by molar-refractivity contribution is -0.172. The minimum absolute atomic E-state index is 0.0454. The highest BCUT2D eigenvalue weighted by atomic mass is 16.6. The number of rotatable bonds is 18. The summed E-state index contributed by atoms with van der Waals surface area (Å²) in [5.41, 5.74) is -1.37. The average Bonchev–Trinajstić information content (AvgIpc) is 1.42. The summed E-state index contributed by atoms with van der Waals surface area (Å²) >= 11 is 0. The fourth-order valence-corrected chi connectivity index (χ4v) is 16.4. The van der Waals surface area contributed by atoms with Gasteiger partial charge in [0.1, 0.15) is 68.3 Å². The number of phenolic OH excluding ortho intramolecular Hbond substituents is 2. The second-order valence-corrected chi connectivity index (χ2v) is 29.2. The summed E-state index contributed by atoms with van der Waals surface area (Å²) < 4.78 is 51.5. The number of carbonyl (C=O) groups excluding carboxylic acids is 6. The van der Waals surface area contributed by atoms with Crippen LogP contribution in [0.4, 0.5) is 0 Å². The number of benzene rings is 2. The fourth-order valence-electron chi connectivity index (χ4n) is 16.4. The fraction of sp³-hybridized carbons (Fsp3) is 0.500. The van der Waals surface area contributed by atoms with Crippen LogP contribution in [0.1, 0.15) is 205 Å². The van der Waals surface area contributed by atoms with Crippen molar-refractivity contribution in [1.82, 2.24) is 0 Å². The van der Waals surface area contributed by atoms with Crippen molar-refractivity contribution in [3.8, 4) is 34.5 Å². The lowest BCUT2D eigenvalue weighted by atomic mass is 9.51. The van der Waals surface area contributed by atoms with Crippen molar-refractivity contribution in [2.45, 2.75) is 220 Å². The van der Waals surface area contributed by atoms with Gasteiger partial charge in [-0.3, -0.25) is 28.8 Å². The Labute approximate surface area is 539 Å². The first-order chi connectivity index (χ1) is 43.2. The molecule has 6 heterocycles. The molecular weight excluding hydrogens is 1170 g/mol. The minimum atomic E-state index is -1.55. The molecule has 2 saturated heterocycles. The highest BCUT2D eigenvalue weighted by Crippen LogP contribution is 2.71. The van der Waals surface area contributed by atoms with E-state index in [0.717, 1.165) is 24.0 Å². The normalized spacial score (nSPS) is 31.1. The summed E-state index contributed by atoms with van der Waals surface area (Å²) in [6, 6.07) is 0. The Balaban J connectivity index is 0.000000188. The predicted octanol–water partition coefficient (Wildman–Crippen LogP) is 14.6. The van der Waals surface area contributed by atoms with E-state index in [1.54, 1.807) is 38.2 Å². The van der Waals surface area contributed by atoms with Gasteiger partial charge in [0.25, 0.3) is 12.9 Å². The summed E-state index contributed by atoms with van der Waals surface area (Å²) in [5.74, 6) is -1.21. The van der Waals surface area contributed by atoms with Crippen LogP contribution in [0.25, 0.3) is 12.2 Å². The largest absolute Gasteiger partial charge is 0.506 e. The third-order valence-electron chi connectivity index (χ3n) is 20.7. The number of hydrogen-bond donors (Lipinski definition) is 2. The minimum Gasteiger partial charge on any atom is -0.506 e. The van der Waals surface area contributed by atoms with E-state index < -0.39 is 56.6 Å². The highest BCUT2D eigenvalue weighted by molar-refractivity contribution is 6.20. The van der Waals surface area contributed by atoms with Gasteiger partial charge in [0.15, 0.2) is 45.5 Å². The number of ether oxygens (including phenoxy) is 8. The second-order valence-electron chi connectivity index (χ2n) is 29.2. The van der Waals surface area contributed by atoms with E-state index >= 15 is 0 Å². The molecule has 488 valence electrons. The van der Waals surface area contributed by atoms with Crippen molar-refractivity contribution in [2.75, 3.05) is 0 Å². The standard InChI is InChI=1S/2C38H44O8/c2*1-21(2)10-9-15-36(8)16-14-25-30(40)29-31(41)27-18-24-19-28-35(6,7)46-37(34(24)42,17-13-23(5)43-20-39)38(27,28)45-33(29)26(32(25)44-36)12-11-22(3)4/h2*10-11,13-14,16,18,20,24,28,40H,9,12,15,17,19H2,1-8H3/b2*23-13-/t24?,28?,36-,37+,38+;24?,28?,36-,37-,38-/m01/s1. The van der Waals surface area contributed by atoms with E-state index in [0.29, 0.717) is 108 Å². The Hall–Kier alpha value is -7.82. The van der Waals surface area contributed by atoms with Crippen LogP contribution >= 0.6 is 0 Å². The lowest BCUT2D eigenvalue weighted by Crippen LogP contribution is -2.72. The molecule has 6 aliphatic carbocycles. The van der Waals surface area contributed by atoms with Gasteiger partial charge in [-0.15, -0.1) is 0 Å². The maximum atomic E-state index is 14.7. The molecule has 4 fully saturated rings. The Kier molecular flexibility index (Phi) is 16.4. The number of aromatic hydroxyl groups is 2. The molecule has 2 N–H and O–H groups in total. The van der Waals surface area contributed by atoms with Crippen LogP contribution in [0.5, 0.6) is 34.5 Å². The van der Waals surface area contributed by atoms with Gasteiger partial charge in [0.2, 0.25) is 0 Å². The maximum absolute atomic E-state index is 14.7. The molecule has 2 aromatic rings. The van der Waals surface area contributed by atoms with E-state index in [2.05, 4.69) is 39.8 Å². The predicted molar refractivity (Wildman–Crippen MR) is 348 cm³/mol. The van der Waals surface area contributed by atoms with Gasteiger partial charge in [0, 0.05) is 58.8 Å². The van der Waals surface area contributed by atoms with Gasteiger partial charge in [-0.05, 0) is 199 Å². The van der Waals surface area contributed by atoms with Crippen molar-refractivity contribution in [3.63, 3.8) is 0 Å². The number of Topliss-reactive ketones (excluding diaryl/α,β-unsaturated/α-hetero) is 4. The van der Waals surface area contributed by atoms with E-state index in [4.69, 9.17) is 37.9 Å². The van der Waals surface area contributed by atoms with Crippen LogP contribution < -0.4 is 18.9 Å². The number of hydrogen-bond acceptors (Lipinski definition) is 16. The molecule has 2 saturated carbocycles. The third kappa shape index (κ3) is 10.0. The van der Waals surface area contributed by atoms with Crippen LogP contribution in [0.2, 0.25) is 0 Å². The molecule has 14 rings (SSSR count). The Morgan fingerprint density at radius 2 is 0.870 bits per heavy atom. The number of allylic oxidation sites excluding steroid dienone is 12. The molecule has 4 unspecified atom stereocenters. The van der Waals surface area contributed by atoms with Gasteiger partial charge in [0.05, 0.1) is 22.3 Å². The number of fused-ring (bicyclic) bond motifs is 4. The van der Waals surface area contributed by atoms with E-state index in [-0.39, 0.29) is 81.9 Å². The van der Waals surface area contributed by atoms with Gasteiger partial charge in [-0.1, -0.05) is 58.7 Å². The number of phenols is 2. The van der Waals surface area contributed by atoms with Crippen LogP contribution in [-0.4, -0.2) is 91.1 Å². The Morgan fingerprint density at radius 3 is 1.21 bits per heavy atom. The molecular formula is C76H88O16. The van der Waals surface area contributed by atoms with E-state index in [9.17, 15) is 39.0 Å². The van der Waals surface area contributed by atoms with E-state index in [1.165, 1.54) is 11.1 Å². The Morgan fingerprint density at radius 1 is 0.511 bits per heavy atom. The van der Waals surface area contributed by atoms with Crippen LogP contribution in [-0.2, 0) is 51.0 Å². The SMILES string of the molecule is CC(C)=CCC[C@@]1(C)C=Cc2c(O)c3c(c(CC=C(C)C)c2O1)O[C@]12C(=CC4CC1C(C)(C)O[C@]2(C/C=C(/C)OC=O)C4=O)C3=O.CC(C)=CCC[C@]1(C)C=Cc2c(O)c3c(c(CC=C(C)C)c2O1)O[C@]12C(=CC4CC1C(C)(C)O[C@]2(C/C=C(/C)OC=O)C4=O)C3=O. The molecule has 16 heteroatoms. The van der Waals surface area contributed by atoms with Crippen molar-refractivity contribution in [1.29, 1.82) is 0 Å². The van der Waals surface area contributed by atoms with Crippen molar-refractivity contribution >= 4 is 48.2 Å². The highest BCUT2D eigenvalue weighted by Gasteiger charge is 2.83. The topological polar surface area (TPSA) is 217 Å². The maximum Gasteiger partial charge on any atom is 0.298 e. The summed E-state index contributed by atoms with van der Waals surface area (Å²) in [5, 5.41) is 23.6. The quantitative estimate of drug-likeness (QED) is 0.0806. The first-order valence-electron chi connectivity index (χ1n) is 32.3. The van der Waals surface area contributed by atoms with E-state index in [1.807, 2.05) is 106 Å². The smallest absolute Gasteiger partial charge is 0.298 e. The zero-order valence-corrected chi connectivity index (χ0v) is 56.1. The third-order valence-corrected chi connectivity index (χ3v) is 20.7. The summed E-state index contributed by atoms with van der Waals surface area (Å²) in [6.07, 6.45) is 27.6. The zero-order valence-electron chi connectivity index (χ0n) is 56.1. The van der Waals surface area contributed by atoms with Gasteiger partial charge in [-0.25, -0.2) is 0 Å². The average molecular weight is 1260 g/mol. The molecule has 2 aromatic carbocycles. The van der Waals surface area contributed by atoms with Gasteiger partial charge in [-0.2, -0.15) is 0 Å². The lowest BCUT2D eigenvalue weighted by Gasteiger charge is -2.56. The molecule has 8 bridgehead atoms. The molecule has 12 aliphatic rings. The van der Waals surface area contributed by atoms with Crippen molar-refractivity contribution < 1.29 is 76.9 Å². The first kappa shape index (κ1) is 65.7. The zero-order chi connectivity index (χ0) is 66.8. The molecule has 10 atom stereocenters. The molecule has 6 aliphatic heterocycles. The molecule has 0 amide bonds. The molecule has 2 spiro atoms. The first-order valence-corrected chi connectivity index (χ1v) is 32.3. The number of carbonyl (C=O) groups is 6. The number of ketones is 4.